The molecule has 0 spiro atoms. The van der Waals surface area contributed by atoms with Crippen LogP contribution in [0.25, 0.3) is 0 Å². The summed E-state index contributed by atoms with van der Waals surface area (Å²) in [5, 5.41) is 3.31. The second kappa shape index (κ2) is 7.20. The summed E-state index contributed by atoms with van der Waals surface area (Å²) in [6.45, 7) is 3.90. The molecule has 0 aliphatic carbocycles. The quantitative estimate of drug-likeness (QED) is 0.705. The highest BCUT2D eigenvalue weighted by Crippen LogP contribution is 2.32. The molecular weight excluding hydrogens is 234 g/mol. The summed E-state index contributed by atoms with van der Waals surface area (Å²) in [5.74, 6) is 1.65. The highest BCUT2D eigenvalue weighted by molar-refractivity contribution is 5.44. The summed E-state index contributed by atoms with van der Waals surface area (Å²) in [5.41, 5.74) is 1.18. The molecule has 1 aliphatic rings. The molecular formula is C13H19NO4. The molecule has 0 saturated heterocycles. The van der Waals surface area contributed by atoms with E-state index in [0.29, 0.717) is 26.6 Å². The van der Waals surface area contributed by atoms with Crippen LogP contribution in [0.5, 0.6) is 11.5 Å². The lowest BCUT2D eigenvalue weighted by Gasteiger charge is -2.06. The molecule has 0 radical (unpaired) electrons. The molecule has 100 valence electrons. The van der Waals surface area contributed by atoms with Crippen LogP contribution in [0.15, 0.2) is 18.2 Å². The Morgan fingerprint density at radius 3 is 2.94 bits per heavy atom. The van der Waals surface area contributed by atoms with Gasteiger partial charge in [0.1, 0.15) is 0 Å². The van der Waals surface area contributed by atoms with E-state index in [1.165, 1.54) is 5.56 Å². The Morgan fingerprint density at radius 2 is 2.06 bits per heavy atom. The van der Waals surface area contributed by atoms with Gasteiger partial charge in [0, 0.05) is 20.2 Å². The van der Waals surface area contributed by atoms with Crippen molar-refractivity contribution in [3.63, 3.8) is 0 Å². The van der Waals surface area contributed by atoms with Gasteiger partial charge in [-0.2, -0.15) is 0 Å². The third-order valence-electron chi connectivity index (χ3n) is 2.62. The SMILES string of the molecule is COCCOCCNCc1ccc2c(c1)OCO2. The number of methoxy groups -OCH3 is 1. The minimum absolute atomic E-state index is 0.319. The summed E-state index contributed by atoms with van der Waals surface area (Å²) >= 11 is 0. The summed E-state index contributed by atoms with van der Waals surface area (Å²) in [7, 11) is 1.67. The molecule has 1 aliphatic heterocycles. The topological polar surface area (TPSA) is 49.0 Å². The zero-order valence-electron chi connectivity index (χ0n) is 10.6. The standard InChI is InChI=1S/C13H19NO4/c1-15-6-7-16-5-4-14-9-11-2-3-12-13(8-11)18-10-17-12/h2-3,8,14H,4-7,9-10H2,1H3. The summed E-state index contributed by atoms with van der Waals surface area (Å²) in [6.07, 6.45) is 0. The zero-order valence-corrected chi connectivity index (χ0v) is 10.6. The molecule has 0 bridgehead atoms. The maximum Gasteiger partial charge on any atom is 0.231 e. The van der Waals surface area contributed by atoms with E-state index in [1.54, 1.807) is 7.11 Å². The fourth-order valence-corrected chi connectivity index (χ4v) is 1.67. The molecule has 2 rings (SSSR count). The first-order valence-corrected chi connectivity index (χ1v) is 6.06. The Hall–Kier alpha value is -1.30. The van der Waals surface area contributed by atoms with Crippen molar-refractivity contribution in [3.05, 3.63) is 23.8 Å². The fourth-order valence-electron chi connectivity index (χ4n) is 1.67. The number of ether oxygens (including phenoxy) is 4. The van der Waals surface area contributed by atoms with Crippen LogP contribution in [0.3, 0.4) is 0 Å². The van der Waals surface area contributed by atoms with Crippen molar-refractivity contribution in [2.75, 3.05) is 40.3 Å². The van der Waals surface area contributed by atoms with Crippen molar-refractivity contribution in [1.29, 1.82) is 0 Å². The van der Waals surface area contributed by atoms with Gasteiger partial charge in [-0.05, 0) is 17.7 Å². The lowest BCUT2D eigenvalue weighted by molar-refractivity contribution is 0.0719. The van der Waals surface area contributed by atoms with Gasteiger partial charge in [0.25, 0.3) is 0 Å². The van der Waals surface area contributed by atoms with Gasteiger partial charge in [-0.15, -0.1) is 0 Å². The van der Waals surface area contributed by atoms with E-state index >= 15 is 0 Å². The van der Waals surface area contributed by atoms with Crippen molar-refractivity contribution < 1.29 is 18.9 Å². The molecule has 1 heterocycles. The maximum absolute atomic E-state index is 5.35. The molecule has 0 atom stereocenters. The monoisotopic (exact) mass is 253 g/mol. The Labute approximate surface area is 107 Å². The first-order chi connectivity index (χ1) is 8.90. The molecule has 1 N–H and O–H groups in total. The van der Waals surface area contributed by atoms with Crippen molar-refractivity contribution in [2.45, 2.75) is 6.54 Å². The number of hydrogen-bond donors (Lipinski definition) is 1. The van der Waals surface area contributed by atoms with Gasteiger partial charge in [-0.3, -0.25) is 0 Å². The van der Waals surface area contributed by atoms with Crippen molar-refractivity contribution in [1.82, 2.24) is 5.32 Å². The molecule has 5 nitrogen and oxygen atoms in total. The smallest absolute Gasteiger partial charge is 0.231 e. The van der Waals surface area contributed by atoms with Crippen molar-refractivity contribution in [2.24, 2.45) is 0 Å². The summed E-state index contributed by atoms with van der Waals surface area (Å²) in [4.78, 5) is 0. The van der Waals surface area contributed by atoms with Gasteiger partial charge in [0.2, 0.25) is 6.79 Å². The van der Waals surface area contributed by atoms with E-state index in [9.17, 15) is 0 Å². The van der Waals surface area contributed by atoms with E-state index in [2.05, 4.69) is 5.32 Å². The van der Waals surface area contributed by atoms with Crippen LogP contribution in [0.4, 0.5) is 0 Å². The molecule has 0 aromatic heterocycles. The Morgan fingerprint density at radius 1 is 1.17 bits per heavy atom. The van der Waals surface area contributed by atoms with E-state index < -0.39 is 0 Å². The van der Waals surface area contributed by atoms with Gasteiger partial charge in [0.15, 0.2) is 11.5 Å². The highest BCUT2D eigenvalue weighted by Gasteiger charge is 2.12. The van der Waals surface area contributed by atoms with E-state index in [-0.39, 0.29) is 0 Å². The molecule has 0 unspecified atom stereocenters. The molecule has 0 amide bonds. The highest BCUT2D eigenvalue weighted by atomic mass is 16.7. The number of benzene rings is 1. The Kier molecular flexibility index (Phi) is 5.26. The molecule has 0 fully saturated rings. The zero-order chi connectivity index (χ0) is 12.6. The average molecular weight is 253 g/mol. The lowest BCUT2D eigenvalue weighted by Crippen LogP contribution is -2.20. The van der Waals surface area contributed by atoms with Gasteiger partial charge in [0.05, 0.1) is 19.8 Å². The van der Waals surface area contributed by atoms with Crippen LogP contribution in [0.2, 0.25) is 0 Å². The summed E-state index contributed by atoms with van der Waals surface area (Å²) in [6, 6.07) is 5.97. The molecule has 1 aromatic carbocycles. The number of nitrogens with one attached hydrogen (secondary N) is 1. The molecule has 5 heteroatoms. The second-order valence-corrected chi connectivity index (χ2v) is 3.97. The largest absolute Gasteiger partial charge is 0.454 e. The predicted molar refractivity (Wildman–Crippen MR) is 67.0 cm³/mol. The minimum atomic E-state index is 0.319. The van der Waals surface area contributed by atoms with Crippen LogP contribution in [0, 0.1) is 0 Å². The lowest BCUT2D eigenvalue weighted by atomic mass is 10.2. The first-order valence-electron chi connectivity index (χ1n) is 6.06. The van der Waals surface area contributed by atoms with Crippen molar-refractivity contribution in [3.8, 4) is 11.5 Å². The van der Waals surface area contributed by atoms with Gasteiger partial charge in [-0.1, -0.05) is 6.07 Å². The van der Waals surface area contributed by atoms with E-state index in [1.807, 2.05) is 18.2 Å². The van der Waals surface area contributed by atoms with Crippen LogP contribution in [0.1, 0.15) is 5.56 Å². The normalized spacial score (nSPS) is 12.9. The number of hydrogen-bond acceptors (Lipinski definition) is 5. The summed E-state index contributed by atoms with van der Waals surface area (Å²) < 4.78 is 20.8. The maximum atomic E-state index is 5.35. The second-order valence-electron chi connectivity index (χ2n) is 3.97. The van der Waals surface area contributed by atoms with Gasteiger partial charge < -0.3 is 24.3 Å². The Bertz CT molecular complexity index is 370. The van der Waals surface area contributed by atoms with Crippen LogP contribution < -0.4 is 14.8 Å². The minimum Gasteiger partial charge on any atom is -0.454 e. The third kappa shape index (κ3) is 3.87. The van der Waals surface area contributed by atoms with E-state index in [4.69, 9.17) is 18.9 Å². The third-order valence-corrected chi connectivity index (χ3v) is 2.62. The van der Waals surface area contributed by atoms with E-state index in [0.717, 1.165) is 24.6 Å². The van der Waals surface area contributed by atoms with Crippen LogP contribution in [-0.2, 0) is 16.0 Å². The molecule has 18 heavy (non-hydrogen) atoms. The average Bonchev–Trinajstić information content (AvgIpc) is 2.85. The molecule has 0 saturated carbocycles. The predicted octanol–water partition coefficient (Wildman–Crippen LogP) is 1.17. The molecule has 1 aromatic rings. The number of fused-ring (bicyclic) bond motifs is 1. The van der Waals surface area contributed by atoms with Crippen molar-refractivity contribution >= 4 is 0 Å². The fraction of sp³-hybridized carbons (Fsp3) is 0.538. The Balaban J connectivity index is 1.62. The van der Waals surface area contributed by atoms with Gasteiger partial charge >= 0.3 is 0 Å². The number of rotatable bonds is 8. The first kappa shape index (κ1) is 13.1. The van der Waals surface area contributed by atoms with Crippen LogP contribution in [-0.4, -0.2) is 40.3 Å². The van der Waals surface area contributed by atoms with Crippen LogP contribution >= 0.6 is 0 Å². The van der Waals surface area contributed by atoms with Gasteiger partial charge in [-0.25, -0.2) is 0 Å².